The third-order valence-corrected chi connectivity index (χ3v) is 22.7. The van der Waals surface area contributed by atoms with Gasteiger partial charge in [0.1, 0.15) is 13.2 Å². The molecule has 18 heteroatoms. The molecule has 2 N–H and O–H groups in total. The van der Waals surface area contributed by atoms with Crippen molar-refractivity contribution in [2.75, 3.05) is 77.6 Å². The van der Waals surface area contributed by atoms with Gasteiger partial charge in [-0.25, -0.2) is 9.59 Å². The molecule has 4 amide bonds. The third-order valence-electron chi connectivity index (χ3n) is 13.7. The summed E-state index contributed by atoms with van der Waals surface area (Å²) in [6.45, 7) is 31.7. The average Bonchev–Trinajstić information content (AvgIpc) is 3.97. The Morgan fingerprint density at radius 2 is 1.00 bits per heavy atom. The minimum absolute atomic E-state index is 0.00878. The number of anilines is 2. The number of benzene rings is 2. The van der Waals surface area contributed by atoms with Crippen molar-refractivity contribution in [3.05, 3.63) is 60.7 Å². The largest absolute Gasteiger partial charge is 0.493 e. The molecule has 2 heterocycles. The predicted octanol–water partition coefficient (Wildman–Crippen LogP) is 11.1. The Bertz CT molecular complexity index is 1960. The maximum absolute atomic E-state index is 14.3. The Labute approximate surface area is 413 Å². The molecular weight excluding hydrogens is 917 g/mol. The lowest BCUT2D eigenvalue weighted by Gasteiger charge is -2.38. The van der Waals surface area contributed by atoms with Crippen molar-refractivity contribution in [1.29, 1.82) is 0 Å². The molecule has 384 valence electrons. The number of hydrogen-bond donors (Lipinski definition) is 2. The summed E-state index contributed by atoms with van der Waals surface area (Å²) in [6, 6.07) is 6.16. The van der Waals surface area contributed by atoms with Crippen LogP contribution in [0.15, 0.2) is 49.6 Å². The molecule has 0 aliphatic carbocycles. The maximum Gasteiger partial charge on any atom is 0.411 e. The number of carbonyl (C=O) groups excluding carboxylic acids is 4. The average molecular weight is 997 g/mol. The van der Waals surface area contributed by atoms with Gasteiger partial charge >= 0.3 is 12.2 Å². The second-order valence-electron chi connectivity index (χ2n) is 20.6. The van der Waals surface area contributed by atoms with E-state index in [0.717, 1.165) is 25.7 Å². The highest BCUT2D eigenvalue weighted by Crippen LogP contribution is 2.41. The van der Waals surface area contributed by atoms with E-state index in [9.17, 15) is 19.2 Å². The van der Waals surface area contributed by atoms with E-state index in [2.05, 4.69) is 91.5 Å². The molecule has 2 aliphatic heterocycles. The fraction of sp³-hybridized carbons (Fsp3) is 0.608. The molecule has 2 aromatic rings. The third kappa shape index (κ3) is 15.5. The van der Waals surface area contributed by atoms with E-state index in [1.165, 1.54) is 26.4 Å². The number of hydrogen-bond acceptors (Lipinski definition) is 12. The standard InChI is InChI=1S/C51H80N4O12Si2/c1-15-26-64-48(58)52-40-32-44(42(60-9)30-38(40)46(56)54-24-20-22-36(54)34-66-68(11,12)50(3,4)5)62-28-18-17-19-29-63-45-33-41(53-49(59)65-27-16-2)39(31-43(45)61-10)47(57)55-25-21-23-37(55)35-67-69(13,14)51(6,7)8/h15-16,30-33,36-37H,1-2,17-29,34-35H2,3-14H3,(H,52,58)(H,53,59)/t36-,37?/m0/s1. The molecule has 0 radical (unpaired) electrons. The van der Waals surface area contributed by atoms with Crippen molar-refractivity contribution in [2.45, 2.75) is 135 Å². The van der Waals surface area contributed by atoms with Gasteiger partial charge in [-0.1, -0.05) is 66.9 Å². The van der Waals surface area contributed by atoms with E-state index in [1.54, 1.807) is 24.3 Å². The summed E-state index contributed by atoms with van der Waals surface area (Å²) in [7, 11) is -1.12. The van der Waals surface area contributed by atoms with Crippen molar-refractivity contribution < 1.29 is 56.5 Å². The molecule has 2 aromatic carbocycles. The molecular formula is C51H80N4O12Si2. The van der Waals surface area contributed by atoms with E-state index in [1.807, 2.05) is 9.80 Å². The van der Waals surface area contributed by atoms with E-state index < -0.39 is 28.8 Å². The van der Waals surface area contributed by atoms with Crippen LogP contribution in [0.1, 0.15) is 107 Å². The molecule has 0 saturated carbocycles. The van der Waals surface area contributed by atoms with Crippen LogP contribution in [-0.2, 0) is 18.3 Å². The van der Waals surface area contributed by atoms with E-state index in [4.69, 9.17) is 37.3 Å². The first-order valence-electron chi connectivity index (χ1n) is 24.2. The van der Waals surface area contributed by atoms with Crippen LogP contribution in [-0.4, -0.2) is 129 Å². The van der Waals surface area contributed by atoms with Crippen molar-refractivity contribution in [3.63, 3.8) is 0 Å². The van der Waals surface area contributed by atoms with E-state index >= 15 is 0 Å². The lowest BCUT2D eigenvalue weighted by Crippen LogP contribution is -2.46. The summed E-state index contributed by atoms with van der Waals surface area (Å²) < 4.78 is 47.4. The highest BCUT2D eigenvalue weighted by molar-refractivity contribution is 6.74. The lowest BCUT2D eigenvalue weighted by molar-refractivity contribution is 0.0678. The molecule has 2 saturated heterocycles. The second kappa shape index (κ2) is 25.2. The zero-order valence-corrected chi connectivity index (χ0v) is 45.4. The monoisotopic (exact) mass is 997 g/mol. The van der Waals surface area contributed by atoms with Gasteiger partial charge in [-0.15, -0.1) is 0 Å². The Morgan fingerprint density at radius 1 is 0.623 bits per heavy atom. The molecule has 69 heavy (non-hydrogen) atoms. The van der Waals surface area contributed by atoms with Gasteiger partial charge in [0.25, 0.3) is 11.8 Å². The molecule has 1 unspecified atom stereocenters. The molecule has 0 spiro atoms. The van der Waals surface area contributed by atoms with Gasteiger partial charge in [0.15, 0.2) is 39.6 Å². The van der Waals surface area contributed by atoms with Crippen molar-refractivity contribution in [3.8, 4) is 23.0 Å². The number of carbonyl (C=O) groups is 4. The highest BCUT2D eigenvalue weighted by Gasteiger charge is 2.41. The minimum atomic E-state index is -2.06. The number of rotatable bonds is 24. The zero-order chi connectivity index (χ0) is 51.2. The summed E-state index contributed by atoms with van der Waals surface area (Å²) in [5.74, 6) is 0.863. The Balaban J connectivity index is 1.44. The lowest BCUT2D eigenvalue weighted by atomic mass is 10.1. The minimum Gasteiger partial charge on any atom is -0.493 e. The summed E-state index contributed by atoms with van der Waals surface area (Å²) in [6.07, 6.45) is 6.70. The molecule has 2 atom stereocenters. The van der Waals surface area contributed by atoms with Gasteiger partial charge in [0.2, 0.25) is 0 Å². The van der Waals surface area contributed by atoms with Crippen LogP contribution in [0.3, 0.4) is 0 Å². The van der Waals surface area contributed by atoms with Gasteiger partial charge in [-0.05, 0) is 93.3 Å². The number of nitrogens with one attached hydrogen (secondary N) is 2. The van der Waals surface area contributed by atoms with Crippen LogP contribution >= 0.6 is 0 Å². The molecule has 2 fully saturated rings. The van der Waals surface area contributed by atoms with E-state index in [0.29, 0.717) is 81.8 Å². The molecule has 4 rings (SSSR count). The van der Waals surface area contributed by atoms with Crippen molar-refractivity contribution in [2.24, 2.45) is 0 Å². The van der Waals surface area contributed by atoms with Crippen LogP contribution < -0.4 is 29.6 Å². The molecule has 0 bridgehead atoms. The second-order valence-corrected chi connectivity index (χ2v) is 30.2. The van der Waals surface area contributed by atoms with E-state index in [-0.39, 0.29) is 69.7 Å². The number of likely N-dealkylation sites (tertiary alicyclic amines) is 2. The number of amides is 4. The summed E-state index contributed by atoms with van der Waals surface area (Å²) >= 11 is 0. The summed E-state index contributed by atoms with van der Waals surface area (Å²) in [5, 5.41) is 5.53. The van der Waals surface area contributed by atoms with Crippen LogP contribution in [0.2, 0.25) is 36.3 Å². The van der Waals surface area contributed by atoms with Crippen molar-refractivity contribution >= 4 is 52.0 Å². The summed E-state index contributed by atoms with van der Waals surface area (Å²) in [4.78, 5) is 57.9. The first kappa shape index (κ1) is 56.5. The van der Waals surface area contributed by atoms with Crippen molar-refractivity contribution in [1.82, 2.24) is 9.80 Å². The smallest absolute Gasteiger partial charge is 0.411 e. The highest BCUT2D eigenvalue weighted by atomic mass is 28.4. The fourth-order valence-electron chi connectivity index (χ4n) is 7.44. The maximum atomic E-state index is 14.3. The van der Waals surface area contributed by atoms with Crippen LogP contribution in [0.5, 0.6) is 23.0 Å². The van der Waals surface area contributed by atoms with Gasteiger partial charge < -0.3 is 47.1 Å². The quantitative estimate of drug-likeness (QED) is 0.0580. The SMILES string of the molecule is C=CCOC(=O)Nc1cc(OCCCCCOc2cc(NC(=O)OCC=C)c(C(=O)N3CCC[C@H]3CO[Si](C)(C)C(C)(C)C)cc2OC)c(OC)cc1C(=O)N1CCCC1CO[Si](C)(C)C(C)(C)C. The number of ether oxygens (including phenoxy) is 6. The van der Waals surface area contributed by atoms with Gasteiger partial charge in [-0.3, -0.25) is 20.2 Å². The molecule has 2 aliphatic rings. The summed E-state index contributed by atoms with van der Waals surface area (Å²) in [5.41, 5.74) is 0.958. The Morgan fingerprint density at radius 3 is 1.33 bits per heavy atom. The molecule has 0 aromatic heterocycles. The fourth-order valence-corrected chi connectivity index (χ4v) is 9.52. The van der Waals surface area contributed by atoms with Crippen LogP contribution in [0.25, 0.3) is 0 Å². The first-order chi connectivity index (χ1) is 32.5. The number of methoxy groups -OCH3 is 2. The predicted molar refractivity (Wildman–Crippen MR) is 276 cm³/mol. The number of unbranched alkanes of at least 4 members (excludes halogenated alkanes) is 2. The normalized spacial score (nSPS) is 16.4. The zero-order valence-electron chi connectivity index (χ0n) is 43.4. The van der Waals surface area contributed by atoms with Crippen LogP contribution in [0, 0.1) is 0 Å². The topological polar surface area (TPSA) is 173 Å². The van der Waals surface area contributed by atoms with Gasteiger partial charge in [-0.2, -0.15) is 0 Å². The molecule has 16 nitrogen and oxygen atoms in total. The van der Waals surface area contributed by atoms with Gasteiger partial charge in [0, 0.05) is 25.2 Å². The van der Waals surface area contributed by atoms with Gasteiger partial charge in [0.05, 0.1) is 75.2 Å². The van der Waals surface area contributed by atoms with Crippen LogP contribution in [0.4, 0.5) is 21.0 Å². The Kier molecular flexibility index (Phi) is 20.6. The number of nitrogens with zero attached hydrogens (tertiary/aromatic N) is 2. The first-order valence-corrected chi connectivity index (χ1v) is 30.0. The Hall–Kier alpha value is -5.05.